The van der Waals surface area contributed by atoms with Crippen molar-refractivity contribution >= 4 is 10.0 Å². The van der Waals surface area contributed by atoms with Crippen LogP contribution in [-0.2, 0) is 10.0 Å². The highest BCUT2D eigenvalue weighted by Gasteiger charge is 2.31. The highest BCUT2D eigenvalue weighted by molar-refractivity contribution is 7.89. The first-order chi connectivity index (χ1) is 15.8. The zero-order valence-electron chi connectivity index (χ0n) is 19.1. The molecule has 1 aliphatic rings. The Labute approximate surface area is 192 Å². The minimum absolute atomic E-state index is 0.0735. The molecule has 0 saturated carbocycles. The third-order valence-electron chi connectivity index (χ3n) is 5.86. The average molecular weight is 474 g/mol. The van der Waals surface area contributed by atoms with Gasteiger partial charge in [-0.3, -0.25) is 4.79 Å². The van der Waals surface area contributed by atoms with Crippen LogP contribution < -0.4 is 10.3 Å². The van der Waals surface area contributed by atoms with E-state index in [0.717, 1.165) is 6.54 Å². The largest absolute Gasteiger partial charge is 0.495 e. The fraction of sp³-hybridized carbons (Fsp3) is 0.409. The number of likely N-dealkylation sites (N-methyl/N-ethyl adjacent to an activating group) is 1. The smallest absolute Gasteiger partial charge is 0.271 e. The minimum Gasteiger partial charge on any atom is -0.495 e. The SMILES string of the molecule is CCN1CCN(S(=O)(=O)c2cc(-c3ccc(=O)n(-c4c(C)noc4C)n3)ccc2OC)CC1. The Bertz CT molecular complexity index is 1300. The molecule has 176 valence electrons. The predicted molar refractivity (Wildman–Crippen MR) is 122 cm³/mol. The Hall–Kier alpha value is -3.02. The normalized spacial score (nSPS) is 15.6. The van der Waals surface area contributed by atoms with Gasteiger partial charge in [0.25, 0.3) is 5.56 Å². The highest BCUT2D eigenvalue weighted by atomic mass is 32.2. The zero-order valence-corrected chi connectivity index (χ0v) is 19.9. The molecule has 10 nitrogen and oxygen atoms in total. The van der Waals surface area contributed by atoms with Gasteiger partial charge in [-0.25, -0.2) is 8.42 Å². The zero-order chi connectivity index (χ0) is 23.8. The van der Waals surface area contributed by atoms with E-state index in [1.54, 1.807) is 38.1 Å². The first-order valence-corrected chi connectivity index (χ1v) is 12.1. The number of methoxy groups -OCH3 is 1. The van der Waals surface area contributed by atoms with Crippen LogP contribution in [0.25, 0.3) is 16.9 Å². The number of sulfonamides is 1. The topological polar surface area (TPSA) is 111 Å². The van der Waals surface area contributed by atoms with Crippen molar-refractivity contribution in [2.24, 2.45) is 0 Å². The first-order valence-electron chi connectivity index (χ1n) is 10.7. The van der Waals surface area contributed by atoms with E-state index in [9.17, 15) is 13.2 Å². The van der Waals surface area contributed by atoms with Gasteiger partial charge in [-0.15, -0.1) is 0 Å². The Morgan fingerprint density at radius 3 is 2.42 bits per heavy atom. The van der Waals surface area contributed by atoms with Crippen molar-refractivity contribution in [3.05, 3.63) is 52.1 Å². The van der Waals surface area contributed by atoms with Gasteiger partial charge in [-0.2, -0.15) is 14.1 Å². The van der Waals surface area contributed by atoms with Crippen LogP contribution in [-0.4, -0.2) is 72.4 Å². The Morgan fingerprint density at radius 1 is 1.09 bits per heavy atom. The molecule has 1 saturated heterocycles. The monoisotopic (exact) mass is 473 g/mol. The average Bonchev–Trinajstić information content (AvgIpc) is 3.16. The molecule has 2 aromatic heterocycles. The lowest BCUT2D eigenvalue weighted by atomic mass is 10.1. The van der Waals surface area contributed by atoms with E-state index in [0.29, 0.717) is 54.6 Å². The highest BCUT2D eigenvalue weighted by Crippen LogP contribution is 2.32. The molecule has 0 N–H and O–H groups in total. The van der Waals surface area contributed by atoms with E-state index < -0.39 is 10.0 Å². The molecule has 0 spiro atoms. The molecule has 1 aliphatic heterocycles. The van der Waals surface area contributed by atoms with Gasteiger partial charge in [0.15, 0.2) is 5.76 Å². The van der Waals surface area contributed by atoms with Crippen LogP contribution in [0.1, 0.15) is 18.4 Å². The van der Waals surface area contributed by atoms with Gasteiger partial charge in [-0.05, 0) is 44.7 Å². The first kappa shape index (κ1) is 23.1. The maximum Gasteiger partial charge on any atom is 0.271 e. The molecule has 11 heteroatoms. The second kappa shape index (κ2) is 9.08. The summed E-state index contributed by atoms with van der Waals surface area (Å²) < 4.78 is 40.2. The molecule has 1 aromatic carbocycles. The van der Waals surface area contributed by atoms with Crippen LogP contribution in [0.4, 0.5) is 0 Å². The summed E-state index contributed by atoms with van der Waals surface area (Å²) in [5.41, 5.74) is 1.63. The number of rotatable bonds is 6. The van der Waals surface area contributed by atoms with E-state index in [2.05, 4.69) is 22.1 Å². The Kier molecular flexibility index (Phi) is 6.37. The number of benzene rings is 1. The molecule has 1 fully saturated rings. The molecular weight excluding hydrogens is 446 g/mol. The molecule has 0 unspecified atom stereocenters. The minimum atomic E-state index is -3.78. The van der Waals surface area contributed by atoms with E-state index in [1.807, 2.05) is 0 Å². The van der Waals surface area contributed by atoms with Crippen LogP contribution in [0.5, 0.6) is 5.75 Å². The maximum atomic E-state index is 13.5. The summed E-state index contributed by atoms with van der Waals surface area (Å²) in [5.74, 6) is 0.721. The van der Waals surface area contributed by atoms with Gasteiger partial charge < -0.3 is 14.2 Å². The van der Waals surface area contributed by atoms with Gasteiger partial charge in [0.2, 0.25) is 10.0 Å². The number of nitrogens with zero attached hydrogens (tertiary/aromatic N) is 5. The number of hydrogen-bond donors (Lipinski definition) is 0. The fourth-order valence-electron chi connectivity index (χ4n) is 3.97. The summed E-state index contributed by atoms with van der Waals surface area (Å²) in [5, 5.41) is 8.36. The second-order valence-corrected chi connectivity index (χ2v) is 9.75. The molecule has 3 aromatic rings. The molecule has 0 amide bonds. The van der Waals surface area contributed by atoms with E-state index >= 15 is 0 Å². The lowest BCUT2D eigenvalue weighted by molar-refractivity contribution is 0.196. The van der Waals surface area contributed by atoms with E-state index in [-0.39, 0.29) is 16.2 Å². The van der Waals surface area contributed by atoms with Crippen LogP contribution >= 0.6 is 0 Å². The number of aryl methyl sites for hydroxylation is 2. The van der Waals surface area contributed by atoms with Crippen molar-refractivity contribution in [2.75, 3.05) is 39.8 Å². The predicted octanol–water partition coefficient (Wildman–Crippen LogP) is 1.84. The Balaban J connectivity index is 1.77. The second-order valence-electron chi connectivity index (χ2n) is 7.85. The van der Waals surface area contributed by atoms with E-state index in [1.165, 1.54) is 22.2 Å². The van der Waals surface area contributed by atoms with Crippen LogP contribution in [0.3, 0.4) is 0 Å². The molecule has 0 bridgehead atoms. The standard InChI is InChI=1S/C22H27N5O5S/c1-5-25-10-12-26(13-11-25)33(29,30)20-14-17(6-8-19(20)31-4)18-7-9-21(28)27(23-18)22-15(2)24-32-16(22)3/h6-9,14H,5,10-13H2,1-4H3. The number of piperazine rings is 1. The molecule has 0 aliphatic carbocycles. The number of ether oxygens (including phenoxy) is 1. The summed E-state index contributed by atoms with van der Waals surface area (Å²) in [7, 11) is -2.34. The quantitative estimate of drug-likeness (QED) is 0.533. The van der Waals surface area contributed by atoms with Gasteiger partial charge in [-0.1, -0.05) is 12.1 Å². The summed E-state index contributed by atoms with van der Waals surface area (Å²) in [4.78, 5) is 14.8. The number of hydrogen-bond acceptors (Lipinski definition) is 8. The number of aromatic nitrogens is 3. The fourth-order valence-corrected chi connectivity index (χ4v) is 5.57. The molecule has 0 atom stereocenters. The van der Waals surface area contributed by atoms with Crippen molar-refractivity contribution in [2.45, 2.75) is 25.7 Å². The van der Waals surface area contributed by atoms with Crippen molar-refractivity contribution in [1.82, 2.24) is 24.1 Å². The van der Waals surface area contributed by atoms with Crippen LogP contribution in [0.2, 0.25) is 0 Å². The summed E-state index contributed by atoms with van der Waals surface area (Å²) in [6.45, 7) is 8.57. The summed E-state index contributed by atoms with van der Waals surface area (Å²) in [6, 6.07) is 7.82. The molecule has 0 radical (unpaired) electrons. The molecule has 33 heavy (non-hydrogen) atoms. The molecular formula is C22H27N5O5S. The third-order valence-corrected chi connectivity index (χ3v) is 7.78. The molecule has 4 rings (SSSR count). The van der Waals surface area contributed by atoms with Crippen molar-refractivity contribution in [3.8, 4) is 22.7 Å². The van der Waals surface area contributed by atoms with Crippen LogP contribution in [0, 0.1) is 13.8 Å². The Morgan fingerprint density at radius 2 is 1.82 bits per heavy atom. The van der Waals surface area contributed by atoms with Gasteiger partial charge in [0.1, 0.15) is 22.0 Å². The summed E-state index contributed by atoms with van der Waals surface area (Å²) in [6.07, 6.45) is 0. The maximum absolute atomic E-state index is 13.5. The summed E-state index contributed by atoms with van der Waals surface area (Å²) >= 11 is 0. The van der Waals surface area contributed by atoms with Gasteiger partial charge in [0.05, 0.1) is 12.8 Å². The van der Waals surface area contributed by atoms with Crippen molar-refractivity contribution < 1.29 is 17.7 Å². The lowest BCUT2D eigenvalue weighted by Crippen LogP contribution is -2.48. The molecule has 3 heterocycles. The van der Waals surface area contributed by atoms with Crippen molar-refractivity contribution in [1.29, 1.82) is 0 Å². The lowest BCUT2D eigenvalue weighted by Gasteiger charge is -2.33. The van der Waals surface area contributed by atoms with E-state index in [4.69, 9.17) is 9.26 Å². The van der Waals surface area contributed by atoms with Gasteiger partial charge in [0, 0.05) is 37.8 Å². The van der Waals surface area contributed by atoms with Crippen molar-refractivity contribution in [3.63, 3.8) is 0 Å². The van der Waals surface area contributed by atoms with Gasteiger partial charge >= 0.3 is 0 Å². The van der Waals surface area contributed by atoms with Crippen LogP contribution in [0.15, 0.2) is 44.5 Å². The third kappa shape index (κ3) is 4.31.